The molecular weight excluding hydrogens is 296 g/mol. The van der Waals surface area contributed by atoms with Crippen LogP contribution in [0.1, 0.15) is 72.1 Å². The SMILES string of the molecule is CC(C)=CCCC(C)CN1CCC(CCC(=O)N2CCCC2)CC1. The van der Waals surface area contributed by atoms with E-state index >= 15 is 0 Å². The fourth-order valence-electron chi connectivity index (χ4n) is 4.10. The molecule has 3 heteroatoms. The Morgan fingerprint density at radius 1 is 1.12 bits per heavy atom. The molecule has 1 atom stereocenters. The van der Waals surface area contributed by atoms with Gasteiger partial charge in [-0.25, -0.2) is 0 Å². The molecule has 0 spiro atoms. The summed E-state index contributed by atoms with van der Waals surface area (Å²) < 4.78 is 0. The lowest BCUT2D eigenvalue weighted by molar-refractivity contribution is -0.130. The zero-order valence-corrected chi connectivity index (χ0v) is 16.2. The third kappa shape index (κ3) is 6.96. The lowest BCUT2D eigenvalue weighted by Gasteiger charge is -2.33. The normalized spacial score (nSPS) is 21.0. The number of hydrogen-bond acceptors (Lipinski definition) is 2. The summed E-state index contributed by atoms with van der Waals surface area (Å²) in [4.78, 5) is 16.9. The molecule has 0 aliphatic carbocycles. The van der Waals surface area contributed by atoms with Crippen molar-refractivity contribution in [2.75, 3.05) is 32.7 Å². The van der Waals surface area contributed by atoms with Gasteiger partial charge in [0.15, 0.2) is 0 Å². The third-order valence-corrected chi connectivity index (χ3v) is 5.71. The number of likely N-dealkylation sites (tertiary alicyclic amines) is 2. The molecule has 2 aliphatic heterocycles. The second kappa shape index (κ2) is 10.2. The van der Waals surface area contributed by atoms with Gasteiger partial charge in [-0.2, -0.15) is 0 Å². The summed E-state index contributed by atoms with van der Waals surface area (Å²) in [5.74, 6) is 1.96. The minimum atomic E-state index is 0.405. The van der Waals surface area contributed by atoms with E-state index in [-0.39, 0.29) is 0 Å². The molecule has 24 heavy (non-hydrogen) atoms. The van der Waals surface area contributed by atoms with Crippen molar-refractivity contribution in [1.29, 1.82) is 0 Å². The van der Waals surface area contributed by atoms with E-state index < -0.39 is 0 Å². The van der Waals surface area contributed by atoms with Gasteiger partial charge in [-0.1, -0.05) is 18.6 Å². The van der Waals surface area contributed by atoms with E-state index in [1.807, 2.05) is 0 Å². The Labute approximate surface area is 149 Å². The molecule has 0 aromatic carbocycles. The average molecular weight is 335 g/mol. The van der Waals surface area contributed by atoms with Crippen LogP contribution in [0.15, 0.2) is 11.6 Å². The second-order valence-corrected chi connectivity index (χ2v) is 8.33. The van der Waals surface area contributed by atoms with Crippen LogP contribution in [-0.2, 0) is 4.79 Å². The van der Waals surface area contributed by atoms with E-state index in [0.29, 0.717) is 5.91 Å². The van der Waals surface area contributed by atoms with Gasteiger partial charge < -0.3 is 9.80 Å². The van der Waals surface area contributed by atoms with Crippen molar-refractivity contribution in [3.63, 3.8) is 0 Å². The molecule has 2 aliphatic rings. The fraction of sp³-hybridized carbons (Fsp3) is 0.857. The second-order valence-electron chi connectivity index (χ2n) is 8.33. The predicted octanol–water partition coefficient (Wildman–Crippen LogP) is 4.48. The zero-order chi connectivity index (χ0) is 17.4. The molecule has 0 radical (unpaired) electrons. The van der Waals surface area contributed by atoms with Gasteiger partial charge >= 0.3 is 0 Å². The first-order chi connectivity index (χ1) is 11.5. The molecule has 2 fully saturated rings. The third-order valence-electron chi connectivity index (χ3n) is 5.71. The Kier molecular flexibility index (Phi) is 8.31. The summed E-state index contributed by atoms with van der Waals surface area (Å²) in [6.45, 7) is 12.5. The standard InChI is InChI=1S/C21H38N2O/c1-18(2)7-6-8-19(3)17-22-15-11-20(12-16-22)9-10-21(24)23-13-4-5-14-23/h7,19-20H,4-6,8-17H2,1-3H3. The first-order valence-corrected chi connectivity index (χ1v) is 10.2. The number of allylic oxidation sites excluding steroid dienone is 2. The zero-order valence-electron chi connectivity index (χ0n) is 16.2. The quantitative estimate of drug-likeness (QED) is 0.611. The van der Waals surface area contributed by atoms with Crippen LogP contribution in [0.4, 0.5) is 0 Å². The number of carbonyl (C=O) groups excluding carboxylic acids is 1. The molecule has 2 rings (SSSR count). The van der Waals surface area contributed by atoms with Crippen molar-refractivity contribution < 1.29 is 4.79 Å². The van der Waals surface area contributed by atoms with E-state index in [1.165, 1.54) is 63.7 Å². The van der Waals surface area contributed by atoms with Crippen LogP contribution in [0.25, 0.3) is 0 Å². The van der Waals surface area contributed by atoms with Crippen LogP contribution in [0.2, 0.25) is 0 Å². The maximum atomic E-state index is 12.2. The van der Waals surface area contributed by atoms with Crippen molar-refractivity contribution >= 4 is 5.91 Å². The van der Waals surface area contributed by atoms with E-state index in [4.69, 9.17) is 0 Å². The largest absolute Gasteiger partial charge is 0.343 e. The Morgan fingerprint density at radius 3 is 2.42 bits per heavy atom. The van der Waals surface area contributed by atoms with Gasteiger partial charge in [0.25, 0.3) is 0 Å². The van der Waals surface area contributed by atoms with Crippen molar-refractivity contribution in [1.82, 2.24) is 9.80 Å². The molecule has 2 saturated heterocycles. The summed E-state index contributed by atoms with van der Waals surface area (Å²) >= 11 is 0. The molecule has 0 aromatic rings. The van der Waals surface area contributed by atoms with Crippen LogP contribution in [-0.4, -0.2) is 48.4 Å². The minimum Gasteiger partial charge on any atom is -0.343 e. The molecule has 0 aromatic heterocycles. The van der Waals surface area contributed by atoms with Crippen molar-refractivity contribution in [2.45, 2.75) is 72.1 Å². The molecule has 1 amide bonds. The predicted molar refractivity (Wildman–Crippen MR) is 102 cm³/mol. The highest BCUT2D eigenvalue weighted by molar-refractivity contribution is 5.76. The summed E-state index contributed by atoms with van der Waals surface area (Å²) in [6.07, 6.45) is 11.8. The van der Waals surface area contributed by atoms with Gasteiger partial charge in [0, 0.05) is 26.1 Å². The van der Waals surface area contributed by atoms with Crippen molar-refractivity contribution in [3.8, 4) is 0 Å². The first kappa shape index (κ1) is 19.5. The summed E-state index contributed by atoms with van der Waals surface area (Å²) in [6, 6.07) is 0. The molecular formula is C21H38N2O. The topological polar surface area (TPSA) is 23.6 Å². The minimum absolute atomic E-state index is 0.405. The molecule has 3 nitrogen and oxygen atoms in total. The van der Waals surface area contributed by atoms with Crippen molar-refractivity contribution in [2.24, 2.45) is 11.8 Å². The number of carbonyl (C=O) groups is 1. The maximum absolute atomic E-state index is 12.2. The molecule has 138 valence electrons. The van der Waals surface area contributed by atoms with Gasteiger partial charge in [-0.3, -0.25) is 4.79 Å². The Morgan fingerprint density at radius 2 is 1.79 bits per heavy atom. The number of hydrogen-bond donors (Lipinski definition) is 0. The lowest BCUT2D eigenvalue weighted by atomic mass is 9.91. The highest BCUT2D eigenvalue weighted by Gasteiger charge is 2.23. The molecule has 0 saturated carbocycles. The van der Waals surface area contributed by atoms with Gasteiger partial charge in [0.2, 0.25) is 5.91 Å². The average Bonchev–Trinajstić information content (AvgIpc) is 3.08. The van der Waals surface area contributed by atoms with Crippen LogP contribution in [0, 0.1) is 11.8 Å². The molecule has 0 bridgehead atoms. The summed E-state index contributed by atoms with van der Waals surface area (Å²) in [7, 11) is 0. The number of nitrogens with zero attached hydrogens (tertiary/aromatic N) is 2. The van der Waals surface area contributed by atoms with E-state index in [2.05, 4.69) is 36.6 Å². The van der Waals surface area contributed by atoms with Gasteiger partial charge in [0.05, 0.1) is 0 Å². The number of rotatable bonds is 8. The first-order valence-electron chi connectivity index (χ1n) is 10.2. The Bertz CT molecular complexity index is 400. The fourth-order valence-corrected chi connectivity index (χ4v) is 4.10. The highest BCUT2D eigenvalue weighted by atomic mass is 16.2. The molecule has 2 heterocycles. The van der Waals surface area contributed by atoms with E-state index in [0.717, 1.165) is 37.8 Å². The summed E-state index contributed by atoms with van der Waals surface area (Å²) in [5.41, 5.74) is 1.44. The van der Waals surface area contributed by atoms with Gasteiger partial charge in [0.1, 0.15) is 0 Å². The smallest absolute Gasteiger partial charge is 0.222 e. The molecule has 1 unspecified atom stereocenters. The lowest BCUT2D eigenvalue weighted by Crippen LogP contribution is -2.37. The molecule has 0 N–H and O–H groups in total. The van der Waals surface area contributed by atoms with Crippen LogP contribution < -0.4 is 0 Å². The van der Waals surface area contributed by atoms with Crippen molar-refractivity contribution in [3.05, 3.63) is 11.6 Å². The Balaban J connectivity index is 1.57. The van der Waals surface area contributed by atoms with Gasteiger partial charge in [-0.05, 0) is 83.7 Å². The van der Waals surface area contributed by atoms with Crippen LogP contribution >= 0.6 is 0 Å². The maximum Gasteiger partial charge on any atom is 0.222 e. The number of piperidine rings is 1. The van der Waals surface area contributed by atoms with E-state index in [9.17, 15) is 4.79 Å². The van der Waals surface area contributed by atoms with E-state index in [1.54, 1.807) is 0 Å². The Hall–Kier alpha value is -0.830. The monoisotopic (exact) mass is 334 g/mol. The number of amides is 1. The van der Waals surface area contributed by atoms with Crippen LogP contribution in [0.5, 0.6) is 0 Å². The summed E-state index contributed by atoms with van der Waals surface area (Å²) in [5, 5.41) is 0. The van der Waals surface area contributed by atoms with Gasteiger partial charge in [-0.15, -0.1) is 0 Å². The highest BCUT2D eigenvalue weighted by Crippen LogP contribution is 2.24. The van der Waals surface area contributed by atoms with Crippen LogP contribution in [0.3, 0.4) is 0 Å².